The molecule has 3 aromatic rings. The average Bonchev–Trinajstić information content (AvgIpc) is 3.15. The van der Waals surface area contributed by atoms with Crippen molar-refractivity contribution in [1.29, 1.82) is 0 Å². The Kier molecular flexibility index (Phi) is 6.26. The lowest BCUT2D eigenvalue weighted by atomic mass is 9.99. The maximum Gasteiger partial charge on any atom is 0.232 e. The van der Waals surface area contributed by atoms with Crippen LogP contribution in [-0.4, -0.2) is 42.0 Å². The average molecular weight is 495 g/mol. The van der Waals surface area contributed by atoms with Crippen molar-refractivity contribution in [2.24, 2.45) is 0 Å². The van der Waals surface area contributed by atoms with Crippen LogP contribution in [0.25, 0.3) is 6.08 Å². The second kappa shape index (κ2) is 9.34. The van der Waals surface area contributed by atoms with E-state index in [9.17, 15) is 9.90 Å². The minimum atomic E-state index is -0.195. The second-order valence-corrected chi connectivity index (χ2v) is 9.44. The van der Waals surface area contributed by atoms with Crippen LogP contribution in [0.3, 0.4) is 0 Å². The highest BCUT2D eigenvalue weighted by molar-refractivity contribution is 6.32. The lowest BCUT2D eigenvalue weighted by Crippen LogP contribution is -2.46. The molecule has 1 N–H and O–H groups in total. The monoisotopic (exact) mass is 494 g/mol. The van der Waals surface area contributed by atoms with Crippen LogP contribution < -0.4 is 9.64 Å². The zero-order valence-corrected chi connectivity index (χ0v) is 20.2. The number of halogens is 2. The molecule has 0 aliphatic carbocycles. The standard InChI is InChI=1S/C27H24Cl2N2O3/c1-17-13-23(32)21(16-30-9-11-31(12-10-30)20-7-4-6-19(28)15-20)27-25(17)26(33)24(34-27)14-18-5-2-3-8-22(18)29/h2-8,13-15,32H,9-12,16H2,1H3/b24-14-. The zero-order valence-electron chi connectivity index (χ0n) is 18.7. The van der Waals surface area contributed by atoms with E-state index in [0.29, 0.717) is 39.6 Å². The summed E-state index contributed by atoms with van der Waals surface area (Å²) in [6.45, 7) is 5.60. The highest BCUT2D eigenvalue weighted by Gasteiger charge is 2.34. The number of piperazine rings is 1. The van der Waals surface area contributed by atoms with E-state index in [4.69, 9.17) is 27.9 Å². The number of anilines is 1. The number of rotatable bonds is 4. The topological polar surface area (TPSA) is 53.0 Å². The van der Waals surface area contributed by atoms with Gasteiger partial charge in [0.2, 0.25) is 5.78 Å². The third-order valence-electron chi connectivity index (χ3n) is 6.34. The number of nitrogens with zero attached hydrogens (tertiary/aromatic N) is 2. The van der Waals surface area contributed by atoms with Crippen molar-refractivity contribution in [3.63, 3.8) is 0 Å². The van der Waals surface area contributed by atoms with Crippen LogP contribution in [0.15, 0.2) is 60.4 Å². The fraction of sp³-hybridized carbons (Fsp3) is 0.222. The summed E-state index contributed by atoms with van der Waals surface area (Å²) in [5, 5.41) is 12.0. The van der Waals surface area contributed by atoms with E-state index in [-0.39, 0.29) is 17.3 Å². The van der Waals surface area contributed by atoms with Crippen molar-refractivity contribution in [3.05, 3.63) is 92.7 Å². The number of hydrogen-bond acceptors (Lipinski definition) is 5. The molecule has 0 aromatic heterocycles. The summed E-state index contributed by atoms with van der Waals surface area (Å²) < 4.78 is 6.06. The van der Waals surface area contributed by atoms with Crippen molar-refractivity contribution >= 4 is 40.7 Å². The number of carbonyl (C=O) groups excluding carboxylic acids is 1. The number of benzene rings is 3. The smallest absolute Gasteiger partial charge is 0.232 e. The summed E-state index contributed by atoms with van der Waals surface area (Å²) in [5.41, 5.74) is 3.64. The first-order valence-electron chi connectivity index (χ1n) is 11.2. The Morgan fingerprint density at radius 3 is 2.53 bits per heavy atom. The first kappa shape index (κ1) is 22.8. The van der Waals surface area contributed by atoms with Crippen molar-refractivity contribution in [2.75, 3.05) is 31.1 Å². The zero-order chi connectivity index (χ0) is 23.8. The molecule has 7 heteroatoms. The van der Waals surface area contributed by atoms with Gasteiger partial charge in [-0.05, 0) is 54.5 Å². The van der Waals surface area contributed by atoms with E-state index in [1.807, 2.05) is 43.3 Å². The fourth-order valence-electron chi connectivity index (χ4n) is 4.53. The van der Waals surface area contributed by atoms with E-state index >= 15 is 0 Å². The molecule has 0 spiro atoms. The highest BCUT2D eigenvalue weighted by atomic mass is 35.5. The number of phenols is 1. The molecule has 5 rings (SSSR count). The van der Waals surface area contributed by atoms with Crippen LogP contribution in [0, 0.1) is 6.92 Å². The number of Topliss-reactive ketones (excluding diaryl/α,β-unsaturated/α-hetero) is 1. The van der Waals surface area contributed by atoms with Gasteiger partial charge in [-0.1, -0.05) is 47.5 Å². The Labute approximate surface area is 208 Å². The molecule has 0 unspecified atom stereocenters. The Hall–Kier alpha value is -2.99. The molecule has 1 saturated heterocycles. The third-order valence-corrected chi connectivity index (χ3v) is 6.92. The second-order valence-electron chi connectivity index (χ2n) is 8.60. The summed E-state index contributed by atoms with van der Waals surface area (Å²) >= 11 is 12.4. The van der Waals surface area contributed by atoms with E-state index in [2.05, 4.69) is 15.9 Å². The number of aromatic hydroxyl groups is 1. The number of phenolic OH excluding ortho intramolecular Hbond substituents is 1. The van der Waals surface area contributed by atoms with E-state index in [1.165, 1.54) is 0 Å². The van der Waals surface area contributed by atoms with Gasteiger partial charge in [0.15, 0.2) is 5.76 Å². The maximum atomic E-state index is 13.2. The van der Waals surface area contributed by atoms with E-state index in [1.54, 1.807) is 18.2 Å². The minimum Gasteiger partial charge on any atom is -0.507 e. The summed E-state index contributed by atoms with van der Waals surface area (Å²) in [4.78, 5) is 17.7. The number of fused-ring (bicyclic) bond motifs is 1. The molecule has 0 bridgehead atoms. The SMILES string of the molecule is Cc1cc(O)c(CN2CCN(c3cccc(Cl)c3)CC2)c2c1C(=O)/C(=C/c1ccccc1Cl)O2. The van der Waals surface area contributed by atoms with Crippen molar-refractivity contribution in [2.45, 2.75) is 13.5 Å². The summed E-state index contributed by atoms with van der Waals surface area (Å²) in [6.07, 6.45) is 1.66. The number of hydrogen-bond donors (Lipinski definition) is 1. The molecule has 34 heavy (non-hydrogen) atoms. The first-order valence-corrected chi connectivity index (χ1v) is 11.9. The van der Waals surface area contributed by atoms with Gasteiger partial charge in [-0.25, -0.2) is 0 Å². The normalized spacial score (nSPS) is 17.2. The van der Waals surface area contributed by atoms with Gasteiger partial charge in [0.05, 0.1) is 11.1 Å². The number of ether oxygens (including phenoxy) is 1. The lowest BCUT2D eigenvalue weighted by Gasteiger charge is -2.36. The van der Waals surface area contributed by atoms with Crippen LogP contribution in [0.4, 0.5) is 5.69 Å². The van der Waals surface area contributed by atoms with Crippen LogP contribution in [0.1, 0.15) is 27.0 Å². The highest BCUT2D eigenvalue weighted by Crippen LogP contribution is 2.42. The molecular weight excluding hydrogens is 471 g/mol. The molecule has 0 radical (unpaired) electrons. The van der Waals surface area contributed by atoms with Crippen LogP contribution in [0.2, 0.25) is 10.0 Å². The lowest BCUT2D eigenvalue weighted by molar-refractivity contribution is 0.101. The number of ketones is 1. The molecule has 0 amide bonds. The predicted octanol–water partition coefficient (Wildman–Crippen LogP) is 5.95. The largest absolute Gasteiger partial charge is 0.507 e. The van der Waals surface area contributed by atoms with E-state index < -0.39 is 0 Å². The van der Waals surface area contributed by atoms with Gasteiger partial charge in [-0.3, -0.25) is 9.69 Å². The van der Waals surface area contributed by atoms with Crippen LogP contribution in [-0.2, 0) is 6.54 Å². The van der Waals surface area contributed by atoms with Gasteiger partial charge in [0, 0.05) is 48.5 Å². The Bertz CT molecular complexity index is 1300. The number of aryl methyl sites for hydroxylation is 1. The molecule has 0 saturated carbocycles. The van der Waals surface area contributed by atoms with E-state index in [0.717, 1.165) is 36.9 Å². The van der Waals surface area contributed by atoms with Crippen LogP contribution in [0.5, 0.6) is 11.5 Å². The fourth-order valence-corrected chi connectivity index (χ4v) is 4.90. The summed E-state index contributed by atoms with van der Waals surface area (Å²) in [6, 6.07) is 16.8. The number of carbonyl (C=O) groups is 1. The van der Waals surface area contributed by atoms with Gasteiger partial charge >= 0.3 is 0 Å². The minimum absolute atomic E-state index is 0.139. The molecule has 0 atom stereocenters. The van der Waals surface area contributed by atoms with Crippen molar-refractivity contribution in [1.82, 2.24) is 4.90 Å². The van der Waals surface area contributed by atoms with Gasteiger partial charge in [0.25, 0.3) is 0 Å². The first-order chi connectivity index (χ1) is 16.4. The molecular formula is C27H24Cl2N2O3. The van der Waals surface area contributed by atoms with Crippen LogP contribution >= 0.6 is 23.2 Å². The summed E-state index contributed by atoms with van der Waals surface area (Å²) in [7, 11) is 0. The Morgan fingerprint density at radius 1 is 1.03 bits per heavy atom. The molecule has 2 heterocycles. The van der Waals surface area contributed by atoms with Gasteiger partial charge < -0.3 is 14.7 Å². The predicted molar refractivity (Wildman–Crippen MR) is 136 cm³/mol. The molecule has 5 nitrogen and oxygen atoms in total. The number of allylic oxidation sites excluding steroid dienone is 1. The Morgan fingerprint density at radius 2 is 1.79 bits per heavy atom. The molecule has 2 aliphatic heterocycles. The van der Waals surface area contributed by atoms with Gasteiger partial charge in [0.1, 0.15) is 11.5 Å². The quantitative estimate of drug-likeness (QED) is 0.454. The molecule has 1 fully saturated rings. The maximum absolute atomic E-state index is 13.2. The Balaban J connectivity index is 1.37. The van der Waals surface area contributed by atoms with Crippen molar-refractivity contribution in [3.8, 4) is 11.5 Å². The van der Waals surface area contributed by atoms with Gasteiger partial charge in [-0.2, -0.15) is 0 Å². The third kappa shape index (κ3) is 4.39. The summed E-state index contributed by atoms with van der Waals surface area (Å²) in [5.74, 6) is 0.599. The van der Waals surface area contributed by atoms with Gasteiger partial charge in [-0.15, -0.1) is 0 Å². The molecule has 3 aromatic carbocycles. The molecule has 2 aliphatic rings. The van der Waals surface area contributed by atoms with Crippen molar-refractivity contribution < 1.29 is 14.6 Å². The molecule has 174 valence electrons.